The molecule has 1 saturated heterocycles. The van der Waals surface area contributed by atoms with Crippen LogP contribution in [0.1, 0.15) is 44.7 Å². The zero-order valence-electron chi connectivity index (χ0n) is 22.6. The maximum absolute atomic E-state index is 13.7. The Morgan fingerprint density at radius 3 is 2.85 bits per heavy atom. The van der Waals surface area contributed by atoms with Crippen LogP contribution in [0.15, 0.2) is 60.1 Å². The summed E-state index contributed by atoms with van der Waals surface area (Å²) in [5.41, 5.74) is 2.84. The second-order valence-electron chi connectivity index (χ2n) is 9.83. The molecular formula is C28H32N8O3S. The van der Waals surface area contributed by atoms with Crippen LogP contribution >= 0.6 is 0 Å². The Kier molecular flexibility index (Phi) is 7.95. The molecule has 12 heteroatoms. The number of benzene rings is 1. The lowest BCUT2D eigenvalue weighted by Crippen LogP contribution is -2.46. The Hall–Kier alpha value is -4.08. The number of aromatic nitrogens is 5. The van der Waals surface area contributed by atoms with E-state index in [1.807, 2.05) is 26.1 Å². The molecule has 1 aliphatic rings. The van der Waals surface area contributed by atoms with E-state index in [0.29, 0.717) is 49.4 Å². The zero-order valence-corrected chi connectivity index (χ0v) is 23.4. The number of nitrogens with one attached hydrogen (secondary N) is 1. The van der Waals surface area contributed by atoms with Gasteiger partial charge in [-0.05, 0) is 50.5 Å². The van der Waals surface area contributed by atoms with E-state index < -0.39 is 16.1 Å². The highest BCUT2D eigenvalue weighted by atomic mass is 32.2. The maximum atomic E-state index is 13.7. The highest BCUT2D eigenvalue weighted by molar-refractivity contribution is 7.89. The van der Waals surface area contributed by atoms with Gasteiger partial charge in [0.15, 0.2) is 0 Å². The van der Waals surface area contributed by atoms with Gasteiger partial charge in [0.1, 0.15) is 12.0 Å². The van der Waals surface area contributed by atoms with Gasteiger partial charge in [-0.3, -0.25) is 9.48 Å². The number of hydrogen-bond acceptors (Lipinski definition) is 7. The van der Waals surface area contributed by atoms with Crippen LogP contribution in [0.2, 0.25) is 0 Å². The van der Waals surface area contributed by atoms with Crippen LogP contribution in [0.5, 0.6) is 0 Å². The molecule has 1 N–H and O–H groups in total. The molecule has 0 bridgehead atoms. The van der Waals surface area contributed by atoms with Crippen molar-refractivity contribution in [2.45, 2.75) is 44.0 Å². The predicted molar refractivity (Wildman–Crippen MR) is 149 cm³/mol. The first-order valence-corrected chi connectivity index (χ1v) is 14.9. The number of amides is 1. The Labute approximate surface area is 233 Å². The molecule has 1 aromatic carbocycles. The SMILES string of the molecule is CCN(CC)C(=O)C1CCCN(S(=O)(=O)c2cccc(C(CC#N)n3cc(-c4ncnc5[nH]ccc45)cn3)c2)C1. The number of hydrogen-bond donors (Lipinski definition) is 1. The minimum absolute atomic E-state index is 0.00261. The number of piperidine rings is 1. The summed E-state index contributed by atoms with van der Waals surface area (Å²) in [6.45, 7) is 5.59. The van der Waals surface area contributed by atoms with Gasteiger partial charge < -0.3 is 9.88 Å². The number of fused-ring (bicyclic) bond motifs is 1. The molecule has 1 aliphatic heterocycles. The Balaban J connectivity index is 1.42. The Morgan fingerprint density at radius 1 is 1.25 bits per heavy atom. The van der Waals surface area contributed by atoms with Crippen molar-refractivity contribution in [1.82, 2.24) is 33.9 Å². The van der Waals surface area contributed by atoms with Crippen LogP contribution < -0.4 is 0 Å². The van der Waals surface area contributed by atoms with Crippen molar-refractivity contribution in [1.29, 1.82) is 5.26 Å². The maximum Gasteiger partial charge on any atom is 0.243 e. The van der Waals surface area contributed by atoms with E-state index in [4.69, 9.17) is 0 Å². The molecule has 4 heterocycles. The minimum Gasteiger partial charge on any atom is -0.346 e. The molecule has 0 saturated carbocycles. The molecule has 0 spiro atoms. The van der Waals surface area contributed by atoms with Crippen molar-refractivity contribution in [2.24, 2.45) is 5.92 Å². The second-order valence-corrected chi connectivity index (χ2v) is 11.8. The number of sulfonamides is 1. The van der Waals surface area contributed by atoms with Crippen LogP contribution in [0.25, 0.3) is 22.3 Å². The average Bonchev–Trinajstić information content (AvgIpc) is 3.67. The number of nitriles is 1. The largest absolute Gasteiger partial charge is 0.346 e. The van der Waals surface area contributed by atoms with Crippen molar-refractivity contribution in [3.05, 3.63) is 60.8 Å². The fourth-order valence-electron chi connectivity index (χ4n) is 5.37. The van der Waals surface area contributed by atoms with E-state index in [1.165, 1.54) is 10.6 Å². The van der Waals surface area contributed by atoms with Crippen LogP contribution in [-0.4, -0.2) is 74.4 Å². The first-order chi connectivity index (χ1) is 19.4. The van der Waals surface area contributed by atoms with E-state index in [9.17, 15) is 18.5 Å². The Morgan fingerprint density at radius 2 is 2.08 bits per heavy atom. The van der Waals surface area contributed by atoms with Gasteiger partial charge >= 0.3 is 0 Å². The summed E-state index contributed by atoms with van der Waals surface area (Å²) in [7, 11) is -3.85. The third-order valence-corrected chi connectivity index (χ3v) is 9.38. The Bertz CT molecular complexity index is 1650. The number of rotatable bonds is 9. The fraction of sp³-hybridized carbons (Fsp3) is 0.393. The molecule has 1 fully saturated rings. The lowest BCUT2D eigenvalue weighted by atomic mass is 9.98. The molecule has 2 atom stereocenters. The van der Waals surface area contributed by atoms with Crippen molar-refractivity contribution in [3.8, 4) is 17.3 Å². The summed E-state index contributed by atoms with van der Waals surface area (Å²) in [6.07, 6.45) is 8.16. The van der Waals surface area contributed by atoms with Crippen LogP contribution in [-0.2, 0) is 14.8 Å². The predicted octanol–water partition coefficient (Wildman–Crippen LogP) is 3.59. The van der Waals surface area contributed by atoms with E-state index in [1.54, 1.807) is 46.2 Å². The van der Waals surface area contributed by atoms with Gasteiger partial charge in [-0.25, -0.2) is 18.4 Å². The highest BCUT2D eigenvalue weighted by Crippen LogP contribution is 2.30. The summed E-state index contributed by atoms with van der Waals surface area (Å²) in [5.74, 6) is -0.350. The van der Waals surface area contributed by atoms with Gasteiger partial charge in [0.25, 0.3) is 0 Å². The first kappa shape index (κ1) is 27.5. The molecule has 2 unspecified atom stereocenters. The van der Waals surface area contributed by atoms with Crippen molar-refractivity contribution in [2.75, 3.05) is 26.2 Å². The van der Waals surface area contributed by atoms with E-state index in [-0.39, 0.29) is 29.7 Å². The summed E-state index contributed by atoms with van der Waals surface area (Å²) < 4.78 is 30.5. The molecule has 40 heavy (non-hydrogen) atoms. The standard InChI is InChI=1S/C28H32N8O3S/c1-3-34(4-2)28(37)21-8-6-14-35(17-21)40(38,39)23-9-5-7-20(15-23)25(10-12-29)36-18-22(16-33-36)26-24-11-13-30-27(24)32-19-31-26/h5,7,9,11,13,15-16,18-19,21,25H,3-4,6,8,10,14,17H2,1-2H3,(H,30,31,32). The number of H-pyrrole nitrogens is 1. The normalized spacial score (nSPS) is 17.0. The molecule has 3 aromatic heterocycles. The number of carbonyl (C=O) groups is 1. The molecule has 1 amide bonds. The second kappa shape index (κ2) is 11.6. The van der Waals surface area contributed by atoms with E-state index >= 15 is 0 Å². The molecule has 208 valence electrons. The smallest absolute Gasteiger partial charge is 0.243 e. The highest BCUT2D eigenvalue weighted by Gasteiger charge is 2.35. The molecule has 0 radical (unpaired) electrons. The van der Waals surface area contributed by atoms with Crippen LogP contribution in [0, 0.1) is 17.2 Å². The van der Waals surface area contributed by atoms with Gasteiger partial charge in [0, 0.05) is 49.5 Å². The van der Waals surface area contributed by atoms with Gasteiger partial charge in [-0.15, -0.1) is 0 Å². The zero-order chi connectivity index (χ0) is 28.3. The van der Waals surface area contributed by atoms with E-state index in [0.717, 1.165) is 10.9 Å². The van der Waals surface area contributed by atoms with Gasteiger partial charge in [0.05, 0.1) is 41.2 Å². The molecule has 5 rings (SSSR count). The van der Waals surface area contributed by atoms with Gasteiger partial charge in [-0.1, -0.05) is 12.1 Å². The quantitative estimate of drug-likeness (QED) is 0.330. The number of carbonyl (C=O) groups excluding carboxylic acids is 1. The molecular weight excluding hydrogens is 528 g/mol. The summed E-state index contributed by atoms with van der Waals surface area (Å²) >= 11 is 0. The summed E-state index contributed by atoms with van der Waals surface area (Å²) in [4.78, 5) is 26.6. The third-order valence-electron chi connectivity index (χ3n) is 7.52. The van der Waals surface area contributed by atoms with Crippen LogP contribution in [0.3, 0.4) is 0 Å². The third kappa shape index (κ3) is 5.22. The number of nitrogens with zero attached hydrogens (tertiary/aromatic N) is 7. The van der Waals surface area contributed by atoms with Gasteiger partial charge in [-0.2, -0.15) is 14.7 Å². The fourth-order valence-corrected chi connectivity index (χ4v) is 6.95. The van der Waals surface area contributed by atoms with Gasteiger partial charge in [0.2, 0.25) is 15.9 Å². The van der Waals surface area contributed by atoms with Crippen molar-refractivity contribution < 1.29 is 13.2 Å². The first-order valence-electron chi connectivity index (χ1n) is 13.5. The lowest BCUT2D eigenvalue weighted by molar-refractivity contribution is -0.136. The average molecular weight is 561 g/mol. The summed E-state index contributed by atoms with van der Waals surface area (Å²) in [5, 5.41) is 15.0. The summed E-state index contributed by atoms with van der Waals surface area (Å²) in [6, 6.07) is 10.3. The van der Waals surface area contributed by atoms with Crippen molar-refractivity contribution in [3.63, 3.8) is 0 Å². The topological polar surface area (TPSA) is 141 Å². The lowest BCUT2D eigenvalue weighted by Gasteiger charge is -2.34. The van der Waals surface area contributed by atoms with E-state index in [2.05, 4.69) is 26.1 Å². The molecule has 0 aliphatic carbocycles. The molecule has 4 aromatic rings. The monoisotopic (exact) mass is 560 g/mol. The van der Waals surface area contributed by atoms with Crippen LogP contribution in [0.4, 0.5) is 0 Å². The number of aromatic amines is 1. The molecule has 11 nitrogen and oxygen atoms in total. The minimum atomic E-state index is -3.85. The van der Waals surface area contributed by atoms with Crippen molar-refractivity contribution >= 4 is 27.0 Å².